The summed E-state index contributed by atoms with van der Waals surface area (Å²) in [6.45, 7) is 2.16. The number of rotatable bonds is 6. The van der Waals surface area contributed by atoms with E-state index in [1.54, 1.807) is 18.0 Å². The second kappa shape index (κ2) is 6.70. The molecule has 0 bridgehead atoms. The van der Waals surface area contributed by atoms with Crippen molar-refractivity contribution in [3.63, 3.8) is 0 Å². The fraction of sp³-hybridized carbons (Fsp3) is 0.688. The van der Waals surface area contributed by atoms with Crippen molar-refractivity contribution in [1.82, 2.24) is 20.0 Å². The van der Waals surface area contributed by atoms with Crippen molar-refractivity contribution in [3.8, 4) is 0 Å². The number of ether oxygens (including phenoxy) is 1. The van der Waals surface area contributed by atoms with Crippen LogP contribution in [0.2, 0.25) is 0 Å². The Morgan fingerprint density at radius 2 is 2.09 bits per heavy atom. The molecule has 7 heteroatoms. The summed E-state index contributed by atoms with van der Waals surface area (Å²) in [4.78, 5) is 26.9. The lowest BCUT2D eigenvalue weighted by Gasteiger charge is -2.40. The molecule has 1 saturated carbocycles. The van der Waals surface area contributed by atoms with Crippen LogP contribution < -0.4 is 5.32 Å². The fourth-order valence-electron chi connectivity index (χ4n) is 3.20. The SMILES string of the molecule is COCCNC(=O)C1(n2cccn2)CCN(C(=O)C2CC2)CC1. The lowest BCUT2D eigenvalue weighted by atomic mass is 9.86. The summed E-state index contributed by atoms with van der Waals surface area (Å²) in [5.41, 5.74) is -0.711. The molecule has 2 fully saturated rings. The Hall–Kier alpha value is -1.89. The van der Waals surface area contributed by atoms with Crippen LogP contribution in [0, 0.1) is 5.92 Å². The standard InChI is InChI=1S/C16H24N4O3/c1-23-12-8-17-15(22)16(20-9-2-7-18-20)5-10-19(11-6-16)14(21)13-3-4-13/h2,7,9,13H,3-6,8,10-12H2,1H3,(H,17,22). The molecule has 1 saturated heterocycles. The van der Waals surface area contributed by atoms with Gasteiger partial charge in [-0.1, -0.05) is 0 Å². The zero-order chi connectivity index (χ0) is 16.3. The van der Waals surface area contributed by atoms with Crippen molar-refractivity contribution in [1.29, 1.82) is 0 Å². The van der Waals surface area contributed by atoms with Crippen LogP contribution in [0.4, 0.5) is 0 Å². The molecule has 1 aromatic rings. The first-order valence-corrected chi connectivity index (χ1v) is 8.23. The van der Waals surface area contributed by atoms with Crippen molar-refractivity contribution < 1.29 is 14.3 Å². The van der Waals surface area contributed by atoms with Gasteiger partial charge in [0.15, 0.2) is 0 Å². The van der Waals surface area contributed by atoms with Crippen LogP contribution in [0.25, 0.3) is 0 Å². The molecule has 7 nitrogen and oxygen atoms in total. The first-order chi connectivity index (χ1) is 11.2. The molecule has 0 atom stereocenters. The molecule has 0 unspecified atom stereocenters. The van der Waals surface area contributed by atoms with Gasteiger partial charge in [-0.3, -0.25) is 14.3 Å². The van der Waals surface area contributed by atoms with Crippen LogP contribution in [0.5, 0.6) is 0 Å². The number of carbonyl (C=O) groups is 2. The summed E-state index contributed by atoms with van der Waals surface area (Å²) < 4.78 is 6.74. The zero-order valence-corrected chi connectivity index (χ0v) is 13.5. The fourth-order valence-corrected chi connectivity index (χ4v) is 3.20. The number of hydrogen-bond acceptors (Lipinski definition) is 4. The lowest BCUT2D eigenvalue weighted by Crippen LogP contribution is -2.56. The number of piperidine rings is 1. The summed E-state index contributed by atoms with van der Waals surface area (Å²) in [5, 5.41) is 7.23. The lowest BCUT2D eigenvalue weighted by molar-refractivity contribution is -0.140. The monoisotopic (exact) mass is 320 g/mol. The minimum Gasteiger partial charge on any atom is -0.383 e. The van der Waals surface area contributed by atoms with Gasteiger partial charge in [-0.15, -0.1) is 0 Å². The Kier molecular flexibility index (Phi) is 4.66. The molecule has 23 heavy (non-hydrogen) atoms. The average Bonchev–Trinajstić information content (AvgIpc) is 3.28. The quantitative estimate of drug-likeness (QED) is 0.769. The summed E-state index contributed by atoms with van der Waals surface area (Å²) >= 11 is 0. The average molecular weight is 320 g/mol. The number of amides is 2. The topological polar surface area (TPSA) is 76.5 Å². The van der Waals surface area contributed by atoms with E-state index in [2.05, 4.69) is 10.4 Å². The Bertz CT molecular complexity index is 546. The normalized spacial score (nSPS) is 20.3. The van der Waals surface area contributed by atoms with E-state index in [1.165, 1.54) is 0 Å². The molecule has 2 aliphatic rings. The molecule has 1 N–H and O–H groups in total. The molecule has 2 heterocycles. The van der Waals surface area contributed by atoms with Crippen LogP contribution >= 0.6 is 0 Å². The summed E-state index contributed by atoms with van der Waals surface area (Å²) in [7, 11) is 1.61. The van der Waals surface area contributed by atoms with Crippen LogP contribution in [0.3, 0.4) is 0 Å². The molecule has 1 aromatic heterocycles. The number of nitrogens with one attached hydrogen (secondary N) is 1. The molecule has 126 valence electrons. The van der Waals surface area contributed by atoms with Crippen LogP contribution in [0.15, 0.2) is 18.5 Å². The van der Waals surface area contributed by atoms with E-state index in [9.17, 15) is 9.59 Å². The minimum absolute atomic E-state index is 0.0447. The maximum Gasteiger partial charge on any atom is 0.248 e. The first-order valence-electron chi connectivity index (χ1n) is 8.23. The third-order valence-corrected chi connectivity index (χ3v) is 4.79. The summed E-state index contributed by atoms with van der Waals surface area (Å²) in [5.74, 6) is 0.429. The van der Waals surface area contributed by atoms with Crippen molar-refractivity contribution in [2.75, 3.05) is 33.4 Å². The van der Waals surface area contributed by atoms with E-state index in [4.69, 9.17) is 4.74 Å². The Morgan fingerprint density at radius 3 is 2.65 bits per heavy atom. The highest BCUT2D eigenvalue weighted by atomic mass is 16.5. The summed E-state index contributed by atoms with van der Waals surface area (Å²) in [6.07, 6.45) is 6.71. The minimum atomic E-state index is -0.711. The second-order valence-corrected chi connectivity index (χ2v) is 6.33. The molecule has 2 amide bonds. The van der Waals surface area contributed by atoms with E-state index < -0.39 is 5.54 Å². The van der Waals surface area contributed by atoms with E-state index in [0.29, 0.717) is 39.1 Å². The van der Waals surface area contributed by atoms with Gasteiger partial charge in [0.2, 0.25) is 11.8 Å². The maximum absolute atomic E-state index is 12.8. The van der Waals surface area contributed by atoms with Gasteiger partial charge in [0.25, 0.3) is 0 Å². The molecule has 1 aliphatic carbocycles. The van der Waals surface area contributed by atoms with Crippen LogP contribution in [-0.2, 0) is 19.9 Å². The Morgan fingerprint density at radius 1 is 1.35 bits per heavy atom. The van der Waals surface area contributed by atoms with Gasteiger partial charge in [-0.2, -0.15) is 5.10 Å². The predicted molar refractivity (Wildman–Crippen MR) is 83.6 cm³/mol. The summed E-state index contributed by atoms with van der Waals surface area (Å²) in [6, 6.07) is 1.83. The van der Waals surface area contributed by atoms with Gasteiger partial charge in [0.1, 0.15) is 5.54 Å². The molecule has 3 rings (SSSR count). The number of aromatic nitrogens is 2. The van der Waals surface area contributed by atoms with Crippen LogP contribution in [-0.4, -0.2) is 59.8 Å². The Labute approximate surface area is 136 Å². The number of nitrogens with zero attached hydrogens (tertiary/aromatic N) is 3. The van der Waals surface area contributed by atoms with Crippen molar-refractivity contribution in [2.45, 2.75) is 31.2 Å². The number of methoxy groups -OCH3 is 1. The number of carbonyl (C=O) groups excluding carboxylic acids is 2. The van der Waals surface area contributed by atoms with Crippen molar-refractivity contribution in [2.24, 2.45) is 5.92 Å². The molecular formula is C16H24N4O3. The van der Waals surface area contributed by atoms with Crippen molar-refractivity contribution in [3.05, 3.63) is 18.5 Å². The van der Waals surface area contributed by atoms with Gasteiger partial charge in [0.05, 0.1) is 6.61 Å². The largest absolute Gasteiger partial charge is 0.383 e. The van der Waals surface area contributed by atoms with Gasteiger partial charge in [-0.05, 0) is 31.7 Å². The van der Waals surface area contributed by atoms with Gasteiger partial charge < -0.3 is 15.0 Å². The second-order valence-electron chi connectivity index (χ2n) is 6.33. The molecular weight excluding hydrogens is 296 g/mol. The van der Waals surface area contributed by atoms with E-state index >= 15 is 0 Å². The van der Waals surface area contributed by atoms with Crippen LogP contribution in [0.1, 0.15) is 25.7 Å². The van der Waals surface area contributed by atoms with E-state index in [-0.39, 0.29) is 17.7 Å². The highest BCUT2D eigenvalue weighted by molar-refractivity contribution is 5.85. The highest BCUT2D eigenvalue weighted by Crippen LogP contribution is 2.35. The highest BCUT2D eigenvalue weighted by Gasteiger charge is 2.45. The Balaban J connectivity index is 1.70. The zero-order valence-electron chi connectivity index (χ0n) is 13.5. The smallest absolute Gasteiger partial charge is 0.248 e. The molecule has 0 aromatic carbocycles. The van der Waals surface area contributed by atoms with Gasteiger partial charge >= 0.3 is 0 Å². The molecule has 0 spiro atoms. The molecule has 0 radical (unpaired) electrons. The first kappa shape index (κ1) is 16.0. The van der Waals surface area contributed by atoms with E-state index in [0.717, 1.165) is 12.8 Å². The van der Waals surface area contributed by atoms with Gasteiger partial charge in [-0.25, -0.2) is 0 Å². The van der Waals surface area contributed by atoms with E-state index in [1.807, 2.05) is 17.2 Å². The number of likely N-dealkylation sites (tertiary alicyclic amines) is 1. The third-order valence-electron chi connectivity index (χ3n) is 4.79. The van der Waals surface area contributed by atoms with Crippen molar-refractivity contribution >= 4 is 11.8 Å². The van der Waals surface area contributed by atoms with Gasteiger partial charge in [0, 0.05) is 45.1 Å². The number of hydrogen-bond donors (Lipinski definition) is 1. The maximum atomic E-state index is 12.8. The predicted octanol–water partition coefficient (Wildman–Crippen LogP) is 0.373. The third kappa shape index (κ3) is 3.24. The molecule has 1 aliphatic heterocycles.